The summed E-state index contributed by atoms with van der Waals surface area (Å²) >= 11 is 0. The van der Waals surface area contributed by atoms with E-state index in [4.69, 9.17) is 5.73 Å². The molecule has 2 rings (SSSR count). The van der Waals surface area contributed by atoms with Gasteiger partial charge in [0.2, 0.25) is 0 Å². The van der Waals surface area contributed by atoms with E-state index in [0.717, 1.165) is 24.6 Å². The van der Waals surface area contributed by atoms with Gasteiger partial charge in [-0.25, -0.2) is 4.39 Å². The van der Waals surface area contributed by atoms with Crippen LogP contribution in [0, 0.1) is 11.7 Å². The molecule has 0 spiro atoms. The molecule has 1 aliphatic rings. The average Bonchev–Trinajstić information content (AvgIpc) is 2.39. The van der Waals surface area contributed by atoms with Crippen molar-refractivity contribution >= 4 is 0 Å². The summed E-state index contributed by atoms with van der Waals surface area (Å²) in [4.78, 5) is 2.44. The average molecular weight is 264 g/mol. The van der Waals surface area contributed by atoms with E-state index in [-0.39, 0.29) is 17.9 Å². The summed E-state index contributed by atoms with van der Waals surface area (Å²) in [5.41, 5.74) is 7.18. The summed E-state index contributed by atoms with van der Waals surface area (Å²) < 4.78 is 13.4. The Labute approximate surface area is 115 Å². The van der Waals surface area contributed by atoms with Crippen LogP contribution in [0.25, 0.3) is 0 Å². The van der Waals surface area contributed by atoms with Crippen LogP contribution in [-0.4, -0.2) is 24.0 Å². The molecule has 2 N–H and O–H groups in total. The lowest BCUT2D eigenvalue weighted by molar-refractivity contribution is 0.108. The fraction of sp³-hybridized carbons (Fsp3) is 0.625. The summed E-state index contributed by atoms with van der Waals surface area (Å²) in [5, 5.41) is 0. The predicted octanol–water partition coefficient (Wildman–Crippen LogP) is 3.34. The molecule has 1 heterocycles. The maximum Gasteiger partial charge on any atom is 0.123 e. The molecule has 3 atom stereocenters. The summed E-state index contributed by atoms with van der Waals surface area (Å²) in [6, 6.07) is 7.03. The smallest absolute Gasteiger partial charge is 0.123 e. The molecule has 3 unspecified atom stereocenters. The second kappa shape index (κ2) is 6.49. The third-order valence-corrected chi connectivity index (χ3v) is 4.21. The summed E-state index contributed by atoms with van der Waals surface area (Å²) in [6.07, 6.45) is 3.74. The number of rotatable bonds is 4. The van der Waals surface area contributed by atoms with Crippen molar-refractivity contribution in [1.82, 2.24) is 4.90 Å². The second-order valence-electron chi connectivity index (χ2n) is 5.77. The summed E-state index contributed by atoms with van der Waals surface area (Å²) in [5.74, 6) is 0.579. The number of nitrogens with two attached hydrogens (primary N) is 1. The number of hydrogen-bond acceptors (Lipinski definition) is 2. The monoisotopic (exact) mass is 264 g/mol. The van der Waals surface area contributed by atoms with Crippen molar-refractivity contribution in [2.75, 3.05) is 13.1 Å². The van der Waals surface area contributed by atoms with Crippen molar-refractivity contribution in [3.8, 4) is 0 Å². The second-order valence-corrected chi connectivity index (χ2v) is 5.77. The van der Waals surface area contributed by atoms with Crippen LogP contribution in [0.2, 0.25) is 0 Å². The molecule has 1 fully saturated rings. The Morgan fingerprint density at radius 2 is 2.26 bits per heavy atom. The van der Waals surface area contributed by atoms with Gasteiger partial charge in [0.05, 0.1) is 0 Å². The van der Waals surface area contributed by atoms with Gasteiger partial charge in [0, 0.05) is 18.6 Å². The van der Waals surface area contributed by atoms with Gasteiger partial charge in [-0.2, -0.15) is 0 Å². The van der Waals surface area contributed by atoms with Crippen LogP contribution in [0.4, 0.5) is 4.39 Å². The Balaban J connectivity index is 2.20. The van der Waals surface area contributed by atoms with Crippen molar-refractivity contribution in [3.05, 3.63) is 35.6 Å². The summed E-state index contributed by atoms with van der Waals surface area (Å²) in [7, 11) is 0. The highest BCUT2D eigenvalue weighted by Crippen LogP contribution is 2.30. The van der Waals surface area contributed by atoms with Crippen molar-refractivity contribution < 1.29 is 4.39 Å². The molecule has 0 saturated carbocycles. The molecule has 2 nitrogen and oxygen atoms in total. The Kier molecular flexibility index (Phi) is 4.94. The zero-order valence-electron chi connectivity index (χ0n) is 12.0. The first-order valence-corrected chi connectivity index (χ1v) is 7.37. The first-order valence-electron chi connectivity index (χ1n) is 7.37. The fourth-order valence-electron chi connectivity index (χ4n) is 3.22. The third-order valence-electron chi connectivity index (χ3n) is 4.21. The van der Waals surface area contributed by atoms with Gasteiger partial charge in [-0.3, -0.25) is 4.90 Å². The molecular weight excluding hydrogens is 239 g/mol. The van der Waals surface area contributed by atoms with Crippen LogP contribution in [0.1, 0.15) is 44.7 Å². The number of likely N-dealkylation sites (tertiary alicyclic amines) is 1. The molecule has 3 heteroatoms. The molecular formula is C16H25FN2. The first kappa shape index (κ1) is 14.5. The molecule has 1 aromatic carbocycles. The number of hydrogen-bond donors (Lipinski definition) is 1. The van der Waals surface area contributed by atoms with Crippen LogP contribution < -0.4 is 5.73 Å². The lowest BCUT2D eigenvalue weighted by Crippen LogP contribution is -2.44. The van der Waals surface area contributed by atoms with E-state index in [1.165, 1.54) is 25.3 Å². The molecule has 0 aliphatic carbocycles. The Hall–Kier alpha value is -0.930. The molecule has 1 saturated heterocycles. The Bertz CT molecular complexity index is 405. The molecule has 1 aliphatic heterocycles. The number of nitrogens with zero attached hydrogens (tertiary/aromatic N) is 1. The van der Waals surface area contributed by atoms with E-state index in [2.05, 4.69) is 11.8 Å². The quantitative estimate of drug-likeness (QED) is 0.903. The molecule has 106 valence electrons. The SMILES string of the molecule is CCC1CCCN(C(c2cccc(F)c2)C(C)N)C1. The minimum atomic E-state index is -0.174. The van der Waals surface area contributed by atoms with Crippen LogP contribution in [0.5, 0.6) is 0 Å². The largest absolute Gasteiger partial charge is 0.326 e. The van der Waals surface area contributed by atoms with E-state index in [1.54, 1.807) is 12.1 Å². The van der Waals surface area contributed by atoms with Crippen LogP contribution in [0.15, 0.2) is 24.3 Å². The van der Waals surface area contributed by atoms with Crippen molar-refractivity contribution in [3.63, 3.8) is 0 Å². The highest BCUT2D eigenvalue weighted by Gasteiger charge is 2.28. The molecule has 19 heavy (non-hydrogen) atoms. The molecule has 0 amide bonds. The maximum absolute atomic E-state index is 13.4. The minimum absolute atomic E-state index is 0.0115. The van der Waals surface area contributed by atoms with Crippen molar-refractivity contribution in [2.24, 2.45) is 11.7 Å². The number of piperidine rings is 1. The minimum Gasteiger partial charge on any atom is -0.326 e. The van der Waals surface area contributed by atoms with Crippen LogP contribution in [-0.2, 0) is 0 Å². The highest BCUT2D eigenvalue weighted by molar-refractivity contribution is 5.22. The fourth-order valence-corrected chi connectivity index (χ4v) is 3.22. The van der Waals surface area contributed by atoms with Crippen LogP contribution >= 0.6 is 0 Å². The van der Waals surface area contributed by atoms with Gasteiger partial charge in [0.15, 0.2) is 0 Å². The Morgan fingerprint density at radius 3 is 2.89 bits per heavy atom. The van der Waals surface area contributed by atoms with Crippen LogP contribution in [0.3, 0.4) is 0 Å². The number of benzene rings is 1. The lowest BCUT2D eigenvalue weighted by atomic mass is 9.91. The lowest BCUT2D eigenvalue weighted by Gasteiger charge is -2.40. The maximum atomic E-state index is 13.4. The van der Waals surface area contributed by atoms with Gasteiger partial charge >= 0.3 is 0 Å². The zero-order chi connectivity index (χ0) is 13.8. The van der Waals surface area contributed by atoms with E-state index >= 15 is 0 Å². The van der Waals surface area contributed by atoms with Gasteiger partial charge in [0.25, 0.3) is 0 Å². The van der Waals surface area contributed by atoms with E-state index in [9.17, 15) is 4.39 Å². The third kappa shape index (κ3) is 3.54. The van der Waals surface area contributed by atoms with E-state index in [1.807, 2.05) is 13.0 Å². The predicted molar refractivity (Wildman–Crippen MR) is 77.4 cm³/mol. The van der Waals surface area contributed by atoms with Gasteiger partial charge < -0.3 is 5.73 Å². The van der Waals surface area contributed by atoms with Crippen molar-refractivity contribution in [2.45, 2.75) is 45.2 Å². The normalized spacial score (nSPS) is 24.1. The number of halogens is 1. The zero-order valence-corrected chi connectivity index (χ0v) is 12.0. The first-order chi connectivity index (χ1) is 9.11. The molecule has 0 bridgehead atoms. The standard InChI is InChI=1S/C16H25FN2/c1-3-13-6-5-9-19(11-13)16(12(2)18)14-7-4-8-15(17)10-14/h4,7-8,10,12-13,16H,3,5-6,9,11,18H2,1-2H3. The Morgan fingerprint density at radius 1 is 1.47 bits per heavy atom. The van der Waals surface area contributed by atoms with Gasteiger partial charge in [0.1, 0.15) is 5.82 Å². The molecule has 0 radical (unpaired) electrons. The molecule has 0 aromatic heterocycles. The van der Waals surface area contributed by atoms with Crippen molar-refractivity contribution in [1.29, 1.82) is 0 Å². The molecule has 1 aromatic rings. The highest BCUT2D eigenvalue weighted by atomic mass is 19.1. The van der Waals surface area contributed by atoms with E-state index < -0.39 is 0 Å². The van der Waals surface area contributed by atoms with Gasteiger partial charge in [-0.1, -0.05) is 25.5 Å². The van der Waals surface area contributed by atoms with Gasteiger partial charge in [-0.15, -0.1) is 0 Å². The summed E-state index contributed by atoms with van der Waals surface area (Å²) in [6.45, 7) is 6.42. The van der Waals surface area contributed by atoms with E-state index in [0.29, 0.717) is 0 Å². The van der Waals surface area contributed by atoms with Gasteiger partial charge in [-0.05, 0) is 49.9 Å². The topological polar surface area (TPSA) is 29.3 Å².